The van der Waals surface area contributed by atoms with Gasteiger partial charge in [-0.1, -0.05) is 39.3 Å². The van der Waals surface area contributed by atoms with Crippen molar-refractivity contribution in [3.8, 4) is 11.5 Å². The maximum atomic E-state index is 12.0. The van der Waals surface area contributed by atoms with Crippen molar-refractivity contribution < 1.29 is 28.5 Å². The molecule has 2 heterocycles. The largest absolute Gasteiger partial charge is 0.463 e. The van der Waals surface area contributed by atoms with Crippen molar-refractivity contribution in [2.75, 3.05) is 32.8 Å². The lowest BCUT2D eigenvalue weighted by Crippen LogP contribution is -2.56. The molecular formula is C25H41NO6Si2. The predicted octanol–water partition coefficient (Wildman–Crippen LogP) is 4.68. The van der Waals surface area contributed by atoms with Crippen LogP contribution in [0.4, 0.5) is 0 Å². The molecule has 2 aliphatic rings. The van der Waals surface area contributed by atoms with Gasteiger partial charge in [-0.15, -0.1) is 0 Å². The number of hydrogen-bond donors (Lipinski definition) is 0. The third kappa shape index (κ3) is 7.68. The predicted molar refractivity (Wildman–Crippen MR) is 139 cm³/mol. The second kappa shape index (κ2) is 11.4. The SMILES string of the molecule is CCOC(=O)/C=C/c1cc2c(cc1CN(C[Si](C)(C)C)C(CC1OCCO1)[Si](C)(C)C)OCO2. The van der Waals surface area contributed by atoms with Gasteiger partial charge in [-0.25, -0.2) is 4.79 Å². The molecule has 0 N–H and O–H groups in total. The third-order valence-electron chi connectivity index (χ3n) is 5.92. The Kier molecular flexibility index (Phi) is 9.02. The molecule has 0 bridgehead atoms. The van der Waals surface area contributed by atoms with E-state index in [1.807, 2.05) is 12.1 Å². The van der Waals surface area contributed by atoms with Crippen molar-refractivity contribution in [2.24, 2.45) is 0 Å². The van der Waals surface area contributed by atoms with Crippen LogP contribution < -0.4 is 9.47 Å². The van der Waals surface area contributed by atoms with Gasteiger partial charge in [0.2, 0.25) is 6.79 Å². The highest BCUT2D eigenvalue weighted by molar-refractivity contribution is 6.78. The molecule has 1 unspecified atom stereocenters. The number of carbonyl (C=O) groups is 1. The molecule has 0 saturated carbocycles. The van der Waals surface area contributed by atoms with Crippen LogP contribution in [0.1, 0.15) is 24.5 Å². The van der Waals surface area contributed by atoms with E-state index >= 15 is 0 Å². The normalized spacial score (nSPS) is 17.6. The van der Waals surface area contributed by atoms with Crippen molar-refractivity contribution >= 4 is 28.2 Å². The van der Waals surface area contributed by atoms with Crippen molar-refractivity contribution in [1.82, 2.24) is 4.90 Å². The van der Waals surface area contributed by atoms with Crippen LogP contribution in [0.2, 0.25) is 39.3 Å². The van der Waals surface area contributed by atoms with E-state index in [1.54, 1.807) is 6.92 Å². The number of ether oxygens (including phenoxy) is 5. The maximum Gasteiger partial charge on any atom is 0.330 e. The zero-order valence-corrected chi connectivity index (χ0v) is 23.8. The first kappa shape index (κ1) is 26.9. The number of fused-ring (bicyclic) bond motifs is 1. The van der Waals surface area contributed by atoms with Crippen molar-refractivity contribution in [3.05, 3.63) is 29.3 Å². The molecule has 0 amide bonds. The lowest BCUT2D eigenvalue weighted by atomic mass is 10.0. The van der Waals surface area contributed by atoms with Gasteiger partial charge in [0.25, 0.3) is 0 Å². The minimum atomic E-state index is -1.62. The highest BCUT2D eigenvalue weighted by Crippen LogP contribution is 2.37. The number of carbonyl (C=O) groups excluding carboxylic acids is 1. The summed E-state index contributed by atoms with van der Waals surface area (Å²) < 4.78 is 28.1. The fraction of sp³-hybridized carbons (Fsp3) is 0.640. The Bertz CT molecular complexity index is 871. The van der Waals surface area contributed by atoms with Crippen molar-refractivity contribution in [3.63, 3.8) is 0 Å². The Morgan fingerprint density at radius 2 is 1.76 bits per heavy atom. The molecule has 3 rings (SSSR count). The molecule has 7 nitrogen and oxygen atoms in total. The summed E-state index contributed by atoms with van der Waals surface area (Å²) in [7, 11) is -3.05. The molecule has 0 radical (unpaired) electrons. The summed E-state index contributed by atoms with van der Waals surface area (Å²) in [6.45, 7) is 19.0. The molecule has 1 saturated heterocycles. The minimum Gasteiger partial charge on any atom is -0.463 e. The molecule has 1 aromatic carbocycles. The lowest BCUT2D eigenvalue weighted by molar-refractivity contribution is -0.137. The fourth-order valence-corrected chi connectivity index (χ4v) is 8.43. The second-order valence-corrected chi connectivity index (χ2v) is 22.1. The van der Waals surface area contributed by atoms with E-state index in [0.29, 0.717) is 31.2 Å². The molecule has 0 spiro atoms. The van der Waals surface area contributed by atoms with Crippen LogP contribution in [-0.2, 0) is 25.5 Å². The number of esters is 1. The Hall–Kier alpha value is -1.66. The molecule has 9 heteroatoms. The number of nitrogens with zero attached hydrogens (tertiary/aromatic N) is 1. The smallest absolute Gasteiger partial charge is 0.330 e. The maximum absolute atomic E-state index is 12.0. The van der Waals surface area contributed by atoms with E-state index in [2.05, 4.69) is 50.2 Å². The standard InChI is InChI=1S/C25H41NO6Si2/c1-8-28-24(27)10-9-19-13-21-22(32-18-31-21)14-20(19)16-26(17-33(2,3)4)23(34(5,6)7)15-25-29-11-12-30-25/h9-10,13-14,23,25H,8,11-12,15-18H2,1-7H3/b10-9+. The average Bonchev–Trinajstić information content (AvgIpc) is 3.39. The van der Waals surface area contributed by atoms with E-state index in [-0.39, 0.29) is 19.1 Å². The monoisotopic (exact) mass is 507 g/mol. The van der Waals surface area contributed by atoms with E-state index < -0.39 is 16.1 Å². The minimum absolute atomic E-state index is 0.138. The van der Waals surface area contributed by atoms with Crippen LogP contribution in [0.5, 0.6) is 11.5 Å². The molecule has 0 aromatic heterocycles. The summed E-state index contributed by atoms with van der Waals surface area (Å²) in [5.41, 5.74) is 2.44. The quantitative estimate of drug-likeness (QED) is 0.245. The molecule has 190 valence electrons. The van der Waals surface area contributed by atoms with Crippen LogP contribution >= 0.6 is 0 Å². The molecule has 1 aromatic rings. The molecular weight excluding hydrogens is 466 g/mol. The van der Waals surface area contributed by atoms with Gasteiger partial charge in [0.1, 0.15) is 0 Å². The summed E-state index contributed by atoms with van der Waals surface area (Å²) in [6.07, 6.45) is 5.11. The van der Waals surface area contributed by atoms with E-state index in [0.717, 1.165) is 36.0 Å². The van der Waals surface area contributed by atoms with Gasteiger partial charge in [-0.2, -0.15) is 0 Å². The highest BCUT2D eigenvalue weighted by Gasteiger charge is 2.37. The van der Waals surface area contributed by atoms with Crippen LogP contribution in [0.25, 0.3) is 6.08 Å². The fourth-order valence-electron chi connectivity index (χ4n) is 4.52. The first-order valence-electron chi connectivity index (χ1n) is 12.2. The lowest BCUT2D eigenvalue weighted by Gasteiger charge is -2.43. The van der Waals surface area contributed by atoms with E-state index in [4.69, 9.17) is 23.7 Å². The van der Waals surface area contributed by atoms with Gasteiger partial charge in [0.05, 0.1) is 36.0 Å². The van der Waals surface area contributed by atoms with Crippen molar-refractivity contribution in [1.29, 1.82) is 0 Å². The topological polar surface area (TPSA) is 66.5 Å². The summed E-state index contributed by atoms with van der Waals surface area (Å²) in [5, 5.41) is 0. The van der Waals surface area contributed by atoms with Crippen LogP contribution in [0.15, 0.2) is 18.2 Å². The Balaban J connectivity index is 1.96. The van der Waals surface area contributed by atoms with Crippen LogP contribution in [-0.4, -0.2) is 71.8 Å². The zero-order valence-electron chi connectivity index (χ0n) is 21.8. The number of rotatable bonds is 11. The van der Waals surface area contributed by atoms with Gasteiger partial charge >= 0.3 is 5.97 Å². The van der Waals surface area contributed by atoms with Gasteiger partial charge in [0, 0.05) is 24.7 Å². The zero-order chi connectivity index (χ0) is 24.9. The first-order valence-corrected chi connectivity index (χ1v) is 19.5. The number of benzene rings is 1. The van der Waals surface area contributed by atoms with Gasteiger partial charge < -0.3 is 28.6 Å². The summed E-state index contributed by atoms with van der Waals surface area (Å²) in [6, 6.07) is 4.03. The third-order valence-corrected chi connectivity index (χ3v) is 9.87. The highest BCUT2D eigenvalue weighted by atomic mass is 28.3. The first-order chi connectivity index (χ1) is 16.0. The summed E-state index contributed by atoms with van der Waals surface area (Å²) in [4.78, 5) is 14.7. The van der Waals surface area contributed by atoms with E-state index in [9.17, 15) is 4.79 Å². The molecule has 34 heavy (non-hydrogen) atoms. The van der Waals surface area contributed by atoms with Gasteiger partial charge in [-0.05, 0) is 42.4 Å². The molecule has 2 aliphatic heterocycles. The Labute approximate surface area is 206 Å². The summed E-state index contributed by atoms with van der Waals surface area (Å²) >= 11 is 0. The van der Waals surface area contributed by atoms with Crippen LogP contribution in [0, 0.1) is 0 Å². The van der Waals surface area contributed by atoms with Gasteiger partial charge in [0.15, 0.2) is 17.8 Å². The van der Waals surface area contributed by atoms with Gasteiger partial charge in [-0.3, -0.25) is 0 Å². The second-order valence-electron chi connectivity index (χ2n) is 11.2. The average molecular weight is 508 g/mol. The number of hydrogen-bond acceptors (Lipinski definition) is 7. The Morgan fingerprint density at radius 1 is 1.12 bits per heavy atom. The van der Waals surface area contributed by atoms with E-state index in [1.165, 1.54) is 6.08 Å². The summed E-state index contributed by atoms with van der Waals surface area (Å²) in [5.74, 6) is 1.11. The molecule has 1 fully saturated rings. The molecule has 0 aliphatic carbocycles. The molecule has 1 atom stereocenters. The van der Waals surface area contributed by atoms with Crippen LogP contribution in [0.3, 0.4) is 0 Å². The Morgan fingerprint density at radius 3 is 2.35 bits per heavy atom. The van der Waals surface area contributed by atoms with Crippen molar-refractivity contribution in [2.45, 2.75) is 71.1 Å².